The summed E-state index contributed by atoms with van der Waals surface area (Å²) in [6, 6.07) is 4.95. The largest absolute Gasteiger partial charge is 0.479 e. The molecule has 0 bridgehead atoms. The lowest BCUT2D eigenvalue weighted by atomic mass is 10.0. The molecule has 0 spiro atoms. The van der Waals surface area contributed by atoms with Crippen LogP contribution in [0.1, 0.15) is 30.9 Å². The number of hydrogen-bond acceptors (Lipinski definition) is 2. The van der Waals surface area contributed by atoms with Crippen LogP contribution in [0, 0.1) is 0 Å². The minimum absolute atomic E-state index is 0.0377. The Bertz CT molecular complexity index is 560. The standard InChI is InChI=1S/C15H17ClN2O3/c16-12-9-5-4-8-11(12)13(14(19)20)18-15(21)17-10-6-2-1-3-7-10/h1-2,4-5,8-10,13H,3,6-7H2,(H,19,20)(H2,17,18,21)/t10?,13-/m1/s1. The molecular weight excluding hydrogens is 292 g/mol. The molecule has 2 amide bonds. The maximum absolute atomic E-state index is 12.0. The normalized spacial score (nSPS) is 18.8. The van der Waals surface area contributed by atoms with Crippen molar-refractivity contribution in [2.45, 2.75) is 31.3 Å². The summed E-state index contributed by atoms with van der Waals surface area (Å²) in [6.45, 7) is 0. The number of amides is 2. The van der Waals surface area contributed by atoms with E-state index in [0.29, 0.717) is 10.6 Å². The molecule has 0 saturated heterocycles. The molecule has 0 fully saturated rings. The number of allylic oxidation sites excluding steroid dienone is 1. The van der Waals surface area contributed by atoms with E-state index < -0.39 is 18.0 Å². The second-order valence-electron chi connectivity index (χ2n) is 4.89. The summed E-state index contributed by atoms with van der Waals surface area (Å²) in [7, 11) is 0. The van der Waals surface area contributed by atoms with E-state index in [1.54, 1.807) is 24.3 Å². The number of carbonyl (C=O) groups is 2. The van der Waals surface area contributed by atoms with Crippen LogP contribution in [0.4, 0.5) is 4.79 Å². The fourth-order valence-electron chi connectivity index (χ4n) is 2.26. The van der Waals surface area contributed by atoms with Gasteiger partial charge >= 0.3 is 12.0 Å². The van der Waals surface area contributed by atoms with Gasteiger partial charge in [-0.15, -0.1) is 0 Å². The number of carbonyl (C=O) groups excluding carboxylic acids is 1. The molecule has 0 radical (unpaired) electrons. The molecule has 1 unspecified atom stereocenters. The van der Waals surface area contributed by atoms with Crippen LogP contribution >= 0.6 is 11.6 Å². The van der Waals surface area contributed by atoms with Gasteiger partial charge in [0.2, 0.25) is 0 Å². The van der Waals surface area contributed by atoms with Gasteiger partial charge in [-0.25, -0.2) is 9.59 Å². The Kier molecular flexibility index (Phi) is 5.22. The SMILES string of the molecule is O=C(NC1CC=CCC1)N[C@@H](C(=O)O)c1ccccc1Cl. The third kappa shape index (κ3) is 4.23. The maximum Gasteiger partial charge on any atom is 0.331 e. The molecule has 2 atom stereocenters. The number of benzene rings is 1. The minimum Gasteiger partial charge on any atom is -0.479 e. The van der Waals surface area contributed by atoms with Crippen LogP contribution in [0.15, 0.2) is 36.4 Å². The lowest BCUT2D eigenvalue weighted by molar-refractivity contribution is -0.139. The predicted octanol–water partition coefficient (Wildman–Crippen LogP) is 2.87. The number of nitrogens with one attached hydrogen (secondary N) is 2. The van der Waals surface area contributed by atoms with Crippen molar-refractivity contribution in [3.8, 4) is 0 Å². The third-order valence-electron chi connectivity index (χ3n) is 3.34. The molecular formula is C15H17ClN2O3. The molecule has 112 valence electrons. The Balaban J connectivity index is 2.03. The van der Waals surface area contributed by atoms with E-state index in [1.165, 1.54) is 0 Å². The van der Waals surface area contributed by atoms with E-state index in [0.717, 1.165) is 19.3 Å². The van der Waals surface area contributed by atoms with Crippen LogP contribution in [0.2, 0.25) is 5.02 Å². The van der Waals surface area contributed by atoms with E-state index in [1.807, 2.05) is 6.08 Å². The van der Waals surface area contributed by atoms with Crippen molar-refractivity contribution in [2.75, 3.05) is 0 Å². The first-order valence-electron chi connectivity index (χ1n) is 6.77. The average Bonchev–Trinajstić information content (AvgIpc) is 2.46. The summed E-state index contributed by atoms with van der Waals surface area (Å²) in [6.07, 6.45) is 6.61. The highest BCUT2D eigenvalue weighted by molar-refractivity contribution is 6.31. The van der Waals surface area contributed by atoms with Crippen molar-refractivity contribution < 1.29 is 14.7 Å². The zero-order valence-electron chi connectivity index (χ0n) is 11.4. The van der Waals surface area contributed by atoms with Gasteiger partial charge in [0.05, 0.1) is 0 Å². The summed E-state index contributed by atoms with van der Waals surface area (Å²) in [5.41, 5.74) is 0.366. The molecule has 0 aromatic heterocycles. The van der Waals surface area contributed by atoms with Gasteiger partial charge in [0.15, 0.2) is 6.04 Å². The van der Waals surface area contributed by atoms with E-state index in [9.17, 15) is 14.7 Å². The maximum atomic E-state index is 12.0. The molecule has 2 rings (SSSR count). The topological polar surface area (TPSA) is 78.4 Å². The average molecular weight is 309 g/mol. The molecule has 3 N–H and O–H groups in total. The van der Waals surface area contributed by atoms with E-state index in [2.05, 4.69) is 16.7 Å². The van der Waals surface area contributed by atoms with Crippen molar-refractivity contribution in [1.29, 1.82) is 0 Å². The zero-order valence-corrected chi connectivity index (χ0v) is 12.1. The lowest BCUT2D eigenvalue weighted by Crippen LogP contribution is -2.45. The lowest BCUT2D eigenvalue weighted by Gasteiger charge is -2.22. The van der Waals surface area contributed by atoms with E-state index in [4.69, 9.17) is 11.6 Å². The van der Waals surface area contributed by atoms with Gasteiger partial charge < -0.3 is 15.7 Å². The second kappa shape index (κ2) is 7.13. The highest BCUT2D eigenvalue weighted by Gasteiger charge is 2.25. The van der Waals surface area contributed by atoms with Gasteiger partial charge in [-0.2, -0.15) is 0 Å². The van der Waals surface area contributed by atoms with Gasteiger partial charge in [-0.1, -0.05) is 42.0 Å². The minimum atomic E-state index is -1.17. The molecule has 1 aromatic carbocycles. The second-order valence-corrected chi connectivity index (χ2v) is 5.30. The Morgan fingerprint density at radius 3 is 2.67 bits per heavy atom. The fraction of sp³-hybridized carbons (Fsp3) is 0.333. The monoisotopic (exact) mass is 308 g/mol. The summed E-state index contributed by atoms with van der Waals surface area (Å²) < 4.78 is 0. The summed E-state index contributed by atoms with van der Waals surface area (Å²) in [5.74, 6) is -1.15. The van der Waals surface area contributed by atoms with Crippen LogP contribution in [0.25, 0.3) is 0 Å². The number of halogens is 1. The number of carboxylic acids is 1. The molecule has 6 heteroatoms. The van der Waals surface area contributed by atoms with Crippen LogP contribution in [-0.4, -0.2) is 23.1 Å². The fourth-order valence-corrected chi connectivity index (χ4v) is 2.51. The number of aliphatic carboxylic acids is 1. The first-order chi connectivity index (χ1) is 10.1. The van der Waals surface area contributed by atoms with E-state index in [-0.39, 0.29) is 6.04 Å². The van der Waals surface area contributed by atoms with Gasteiger partial charge in [0, 0.05) is 16.6 Å². The molecule has 1 aromatic rings. The Morgan fingerprint density at radius 2 is 2.05 bits per heavy atom. The highest BCUT2D eigenvalue weighted by atomic mass is 35.5. The van der Waals surface area contributed by atoms with Gasteiger partial charge in [-0.05, 0) is 25.3 Å². The smallest absolute Gasteiger partial charge is 0.331 e. The van der Waals surface area contributed by atoms with Gasteiger partial charge in [0.1, 0.15) is 0 Å². The number of rotatable bonds is 4. The first kappa shape index (κ1) is 15.4. The van der Waals surface area contributed by atoms with Crippen molar-refractivity contribution in [3.05, 3.63) is 47.0 Å². The van der Waals surface area contributed by atoms with Crippen LogP contribution in [0.5, 0.6) is 0 Å². The quantitative estimate of drug-likeness (QED) is 0.748. The Hall–Kier alpha value is -2.01. The van der Waals surface area contributed by atoms with Gasteiger partial charge in [0.25, 0.3) is 0 Å². The summed E-state index contributed by atoms with van der Waals surface area (Å²) in [5, 5.41) is 14.9. The molecule has 5 nitrogen and oxygen atoms in total. The molecule has 0 heterocycles. The molecule has 1 aliphatic rings. The molecule has 0 saturated carbocycles. The van der Waals surface area contributed by atoms with Crippen LogP contribution in [-0.2, 0) is 4.79 Å². The van der Waals surface area contributed by atoms with Crippen LogP contribution in [0.3, 0.4) is 0 Å². The summed E-state index contributed by atoms with van der Waals surface area (Å²) in [4.78, 5) is 23.3. The number of carboxylic acid groups (broad SMARTS) is 1. The Labute approximate surface area is 128 Å². The molecule has 1 aliphatic carbocycles. The zero-order chi connectivity index (χ0) is 15.2. The van der Waals surface area contributed by atoms with Crippen LogP contribution < -0.4 is 10.6 Å². The van der Waals surface area contributed by atoms with Crippen molar-refractivity contribution in [1.82, 2.24) is 10.6 Å². The van der Waals surface area contributed by atoms with Crippen molar-refractivity contribution >= 4 is 23.6 Å². The number of hydrogen-bond donors (Lipinski definition) is 3. The third-order valence-corrected chi connectivity index (χ3v) is 3.69. The highest BCUT2D eigenvalue weighted by Crippen LogP contribution is 2.23. The molecule has 21 heavy (non-hydrogen) atoms. The van der Waals surface area contributed by atoms with Gasteiger partial charge in [-0.3, -0.25) is 0 Å². The predicted molar refractivity (Wildman–Crippen MR) is 80.3 cm³/mol. The van der Waals surface area contributed by atoms with Crippen molar-refractivity contribution in [3.63, 3.8) is 0 Å². The van der Waals surface area contributed by atoms with E-state index >= 15 is 0 Å². The van der Waals surface area contributed by atoms with Crippen molar-refractivity contribution in [2.24, 2.45) is 0 Å². The first-order valence-corrected chi connectivity index (χ1v) is 7.15. The number of urea groups is 1. The molecule has 0 aliphatic heterocycles. The summed E-state index contributed by atoms with van der Waals surface area (Å²) >= 11 is 5.99. The Morgan fingerprint density at radius 1 is 1.29 bits per heavy atom.